The van der Waals surface area contributed by atoms with E-state index in [0.29, 0.717) is 19.1 Å². The smallest absolute Gasteiger partial charge is 0.323 e. The predicted octanol–water partition coefficient (Wildman–Crippen LogP) is 2.56. The molecule has 22 heavy (non-hydrogen) atoms. The van der Waals surface area contributed by atoms with Crippen LogP contribution in [0.3, 0.4) is 0 Å². The summed E-state index contributed by atoms with van der Waals surface area (Å²) >= 11 is 3.41. The van der Waals surface area contributed by atoms with Gasteiger partial charge in [-0.25, -0.2) is 9.69 Å². The number of imide groups is 1. The van der Waals surface area contributed by atoms with Crippen molar-refractivity contribution in [2.24, 2.45) is 5.92 Å². The van der Waals surface area contributed by atoms with Crippen LogP contribution in [0.5, 0.6) is 0 Å². The molecule has 5 nitrogen and oxygen atoms in total. The Kier molecular flexibility index (Phi) is 3.99. The number of rotatable bonds is 5. The van der Waals surface area contributed by atoms with Gasteiger partial charge >= 0.3 is 6.03 Å². The van der Waals surface area contributed by atoms with Gasteiger partial charge in [-0.1, -0.05) is 28.1 Å². The lowest BCUT2D eigenvalue weighted by Crippen LogP contribution is -2.46. The molecule has 1 heterocycles. The van der Waals surface area contributed by atoms with Crippen LogP contribution in [-0.4, -0.2) is 41.0 Å². The molecule has 1 N–H and O–H groups in total. The highest BCUT2D eigenvalue weighted by molar-refractivity contribution is 9.10. The first-order valence-electron chi connectivity index (χ1n) is 7.47. The minimum atomic E-state index is -0.699. The van der Waals surface area contributed by atoms with Gasteiger partial charge in [0.25, 0.3) is 5.91 Å². The van der Waals surface area contributed by atoms with Gasteiger partial charge in [-0.2, -0.15) is 0 Å². The minimum absolute atomic E-state index is 0.0948. The van der Waals surface area contributed by atoms with Crippen molar-refractivity contribution in [3.63, 3.8) is 0 Å². The van der Waals surface area contributed by atoms with E-state index in [-0.39, 0.29) is 11.9 Å². The lowest BCUT2D eigenvalue weighted by atomic mass is 9.96. The Bertz CT molecular complexity index is 600. The maximum atomic E-state index is 12.6. The summed E-state index contributed by atoms with van der Waals surface area (Å²) in [5, 5.41) is 2.87. The predicted molar refractivity (Wildman–Crippen MR) is 87.0 cm³/mol. The summed E-state index contributed by atoms with van der Waals surface area (Å²) in [5.41, 5.74) is 0.443. The molecule has 2 aliphatic rings. The Labute approximate surface area is 138 Å². The Morgan fingerprint density at radius 2 is 1.95 bits per heavy atom. The van der Waals surface area contributed by atoms with Gasteiger partial charge in [0, 0.05) is 11.0 Å². The van der Waals surface area contributed by atoms with Gasteiger partial charge < -0.3 is 5.32 Å². The lowest BCUT2D eigenvalue weighted by Gasteiger charge is -2.24. The van der Waals surface area contributed by atoms with E-state index in [0.717, 1.165) is 22.9 Å². The fourth-order valence-corrected chi connectivity index (χ4v) is 3.24. The Morgan fingerprint density at radius 1 is 1.32 bits per heavy atom. The van der Waals surface area contributed by atoms with E-state index in [9.17, 15) is 9.59 Å². The van der Waals surface area contributed by atoms with E-state index < -0.39 is 5.54 Å². The van der Waals surface area contributed by atoms with E-state index in [2.05, 4.69) is 21.2 Å². The molecule has 0 spiro atoms. The van der Waals surface area contributed by atoms with Crippen LogP contribution in [0.4, 0.5) is 4.79 Å². The average Bonchev–Trinajstić information content (AvgIpc) is 3.28. The topological polar surface area (TPSA) is 52.6 Å². The van der Waals surface area contributed by atoms with Crippen LogP contribution >= 0.6 is 15.9 Å². The normalized spacial score (nSPS) is 25.0. The number of amides is 3. The quantitative estimate of drug-likeness (QED) is 0.815. The highest BCUT2D eigenvalue weighted by atomic mass is 79.9. The van der Waals surface area contributed by atoms with Crippen LogP contribution in [0.2, 0.25) is 0 Å². The first-order valence-corrected chi connectivity index (χ1v) is 8.26. The Morgan fingerprint density at radius 3 is 2.55 bits per heavy atom. The lowest BCUT2D eigenvalue weighted by molar-refractivity contribution is -0.132. The number of nitrogens with zero attached hydrogens (tertiary/aromatic N) is 2. The van der Waals surface area contributed by atoms with Crippen molar-refractivity contribution in [3.05, 3.63) is 34.3 Å². The molecule has 0 bridgehead atoms. The summed E-state index contributed by atoms with van der Waals surface area (Å²) in [7, 11) is 1.91. The SMILES string of the molecule is CN(Cc1ccc(Br)cc1)CN1C(=O)N[C@](C)(C2CC2)C1=O. The van der Waals surface area contributed by atoms with Gasteiger partial charge in [-0.3, -0.25) is 9.69 Å². The average molecular weight is 366 g/mol. The fraction of sp³-hybridized carbons (Fsp3) is 0.500. The molecule has 1 aliphatic carbocycles. The number of benzene rings is 1. The monoisotopic (exact) mass is 365 g/mol. The van der Waals surface area contributed by atoms with E-state index in [4.69, 9.17) is 0 Å². The maximum absolute atomic E-state index is 12.6. The molecule has 1 atom stereocenters. The van der Waals surface area contributed by atoms with E-state index >= 15 is 0 Å². The summed E-state index contributed by atoms with van der Waals surface area (Å²) in [6.07, 6.45) is 2.04. The Balaban J connectivity index is 1.63. The highest BCUT2D eigenvalue weighted by Crippen LogP contribution is 2.42. The number of hydrogen-bond acceptors (Lipinski definition) is 3. The molecule has 1 aliphatic heterocycles. The first-order chi connectivity index (χ1) is 10.4. The number of halogens is 1. The van der Waals surface area contributed by atoms with Crippen LogP contribution in [0.1, 0.15) is 25.3 Å². The summed E-state index contributed by atoms with van der Waals surface area (Å²) < 4.78 is 1.04. The summed E-state index contributed by atoms with van der Waals surface area (Å²) in [4.78, 5) is 28.0. The molecule has 1 saturated heterocycles. The van der Waals surface area contributed by atoms with Crippen molar-refractivity contribution in [2.45, 2.75) is 31.8 Å². The molecule has 6 heteroatoms. The standard InChI is InChI=1S/C16H20BrN3O2/c1-16(12-5-6-12)14(21)20(15(22)18-16)10-19(2)9-11-3-7-13(17)8-4-11/h3-4,7-8,12H,5-6,9-10H2,1-2H3,(H,18,22)/t16-/m1/s1. The van der Waals surface area contributed by atoms with Gasteiger partial charge in [-0.05, 0) is 50.4 Å². The molecule has 2 fully saturated rings. The number of hydrogen-bond donors (Lipinski definition) is 1. The molecular weight excluding hydrogens is 346 g/mol. The van der Waals surface area contributed by atoms with Crippen LogP contribution in [0.25, 0.3) is 0 Å². The van der Waals surface area contributed by atoms with Gasteiger partial charge in [-0.15, -0.1) is 0 Å². The zero-order chi connectivity index (χ0) is 15.9. The molecular formula is C16H20BrN3O2. The van der Waals surface area contributed by atoms with Crippen molar-refractivity contribution in [3.8, 4) is 0 Å². The van der Waals surface area contributed by atoms with Crippen LogP contribution in [0, 0.1) is 5.92 Å². The maximum Gasteiger partial charge on any atom is 0.326 e. The molecule has 118 valence electrons. The molecule has 1 aromatic rings. The fourth-order valence-electron chi connectivity index (χ4n) is 2.97. The summed E-state index contributed by atoms with van der Waals surface area (Å²) in [5.74, 6) is 0.202. The van der Waals surface area contributed by atoms with E-state index in [1.165, 1.54) is 4.90 Å². The van der Waals surface area contributed by atoms with Crippen LogP contribution in [0.15, 0.2) is 28.7 Å². The van der Waals surface area contributed by atoms with Gasteiger partial charge in [0.05, 0.1) is 6.67 Å². The zero-order valence-corrected chi connectivity index (χ0v) is 14.4. The van der Waals surface area contributed by atoms with E-state index in [1.807, 2.05) is 43.1 Å². The third-order valence-electron chi connectivity index (χ3n) is 4.44. The molecule has 3 rings (SSSR count). The first kappa shape index (κ1) is 15.5. The van der Waals surface area contributed by atoms with Gasteiger partial charge in [0.1, 0.15) is 5.54 Å². The number of carbonyl (C=O) groups is 2. The number of carbonyl (C=O) groups excluding carboxylic acids is 2. The number of nitrogens with one attached hydrogen (secondary N) is 1. The number of urea groups is 1. The third-order valence-corrected chi connectivity index (χ3v) is 4.97. The second kappa shape index (κ2) is 5.66. The van der Waals surface area contributed by atoms with Crippen LogP contribution in [-0.2, 0) is 11.3 Å². The molecule has 0 aromatic heterocycles. The van der Waals surface area contributed by atoms with Gasteiger partial charge in [0.2, 0.25) is 0 Å². The van der Waals surface area contributed by atoms with Crippen molar-refractivity contribution >= 4 is 27.9 Å². The minimum Gasteiger partial charge on any atom is -0.323 e. The second-order valence-corrected chi connectivity index (χ2v) is 7.34. The summed E-state index contributed by atoms with van der Waals surface area (Å²) in [6.45, 7) is 2.84. The van der Waals surface area contributed by atoms with Crippen molar-refractivity contribution < 1.29 is 9.59 Å². The Hall–Kier alpha value is -1.40. The van der Waals surface area contributed by atoms with E-state index in [1.54, 1.807) is 0 Å². The second-order valence-electron chi connectivity index (χ2n) is 6.42. The molecule has 3 amide bonds. The van der Waals surface area contributed by atoms with Gasteiger partial charge in [0.15, 0.2) is 0 Å². The summed E-state index contributed by atoms with van der Waals surface area (Å²) in [6, 6.07) is 7.76. The van der Waals surface area contributed by atoms with Crippen molar-refractivity contribution in [1.82, 2.24) is 15.1 Å². The largest absolute Gasteiger partial charge is 0.326 e. The third kappa shape index (κ3) is 2.90. The molecule has 0 radical (unpaired) electrons. The molecule has 1 aromatic carbocycles. The van der Waals surface area contributed by atoms with Crippen LogP contribution < -0.4 is 5.32 Å². The van der Waals surface area contributed by atoms with Crippen molar-refractivity contribution in [2.75, 3.05) is 13.7 Å². The van der Waals surface area contributed by atoms with Crippen molar-refractivity contribution in [1.29, 1.82) is 0 Å². The zero-order valence-electron chi connectivity index (χ0n) is 12.8. The highest BCUT2D eigenvalue weighted by Gasteiger charge is 2.55. The molecule has 0 unspecified atom stereocenters. The molecule has 1 saturated carbocycles.